The lowest BCUT2D eigenvalue weighted by molar-refractivity contribution is 0.185. The molecule has 2 rings (SSSR count). The van der Waals surface area contributed by atoms with E-state index in [1.54, 1.807) is 13.4 Å². The molecule has 5 heteroatoms. The Morgan fingerprint density at radius 3 is 2.60 bits per heavy atom. The first kappa shape index (κ1) is 14.3. The van der Waals surface area contributed by atoms with Crippen molar-refractivity contribution in [1.82, 2.24) is 9.97 Å². The summed E-state index contributed by atoms with van der Waals surface area (Å²) in [6, 6.07) is 8.05. The second kappa shape index (κ2) is 6.86. The molecule has 106 valence electrons. The Hall–Kier alpha value is -2.14. The van der Waals surface area contributed by atoms with E-state index in [1.807, 2.05) is 31.3 Å². The van der Waals surface area contributed by atoms with Crippen LogP contribution in [0.1, 0.15) is 18.1 Å². The fraction of sp³-hybridized carbons (Fsp3) is 0.333. The summed E-state index contributed by atoms with van der Waals surface area (Å²) in [4.78, 5) is 8.59. The number of para-hydroxylation sites is 1. The summed E-state index contributed by atoms with van der Waals surface area (Å²) in [6.45, 7) is 2.65. The molecule has 0 aliphatic heterocycles. The van der Waals surface area contributed by atoms with E-state index in [4.69, 9.17) is 4.74 Å². The van der Waals surface area contributed by atoms with Crippen molar-refractivity contribution in [2.75, 3.05) is 24.8 Å². The van der Waals surface area contributed by atoms with Crippen molar-refractivity contribution in [3.63, 3.8) is 0 Å². The normalized spacial score (nSPS) is 10.3. The third-order valence-electron chi connectivity index (χ3n) is 3.11. The van der Waals surface area contributed by atoms with Gasteiger partial charge in [-0.1, -0.05) is 25.1 Å². The van der Waals surface area contributed by atoms with Crippen molar-refractivity contribution in [3.05, 3.63) is 41.7 Å². The zero-order valence-electron chi connectivity index (χ0n) is 12.1. The predicted octanol–water partition coefficient (Wildman–Crippen LogP) is 2.97. The quantitative estimate of drug-likeness (QED) is 0.846. The molecule has 0 fully saturated rings. The summed E-state index contributed by atoms with van der Waals surface area (Å²) in [6.07, 6.45) is 2.41. The second-order valence-electron chi connectivity index (χ2n) is 4.37. The molecule has 0 aliphatic carbocycles. The molecular weight excluding hydrogens is 252 g/mol. The molecule has 0 radical (unpaired) electrons. The summed E-state index contributed by atoms with van der Waals surface area (Å²) in [7, 11) is 3.56. The highest BCUT2D eigenvalue weighted by atomic mass is 16.5. The van der Waals surface area contributed by atoms with Crippen molar-refractivity contribution < 1.29 is 4.74 Å². The molecule has 5 nitrogen and oxygen atoms in total. The fourth-order valence-electron chi connectivity index (χ4n) is 2.12. The van der Waals surface area contributed by atoms with Crippen LogP contribution < -0.4 is 10.6 Å². The van der Waals surface area contributed by atoms with E-state index >= 15 is 0 Å². The van der Waals surface area contributed by atoms with Crippen LogP contribution in [0.25, 0.3) is 0 Å². The van der Waals surface area contributed by atoms with E-state index in [2.05, 4.69) is 27.5 Å². The second-order valence-corrected chi connectivity index (χ2v) is 4.37. The van der Waals surface area contributed by atoms with E-state index in [-0.39, 0.29) is 0 Å². The zero-order chi connectivity index (χ0) is 14.4. The summed E-state index contributed by atoms with van der Waals surface area (Å²) >= 11 is 0. The number of hydrogen-bond donors (Lipinski definition) is 2. The smallest absolute Gasteiger partial charge is 0.139 e. The van der Waals surface area contributed by atoms with Crippen LogP contribution in [0, 0.1) is 0 Å². The summed E-state index contributed by atoms with van der Waals surface area (Å²) in [5, 5.41) is 6.48. The first-order valence-corrected chi connectivity index (χ1v) is 6.65. The van der Waals surface area contributed by atoms with Gasteiger partial charge in [-0.05, 0) is 12.5 Å². The molecule has 0 unspecified atom stereocenters. The van der Waals surface area contributed by atoms with Gasteiger partial charge in [-0.3, -0.25) is 0 Å². The minimum atomic E-state index is 0.564. The Balaban J connectivity index is 2.35. The SMILES string of the molecule is CCc1c(NC)ncnc1Nc1ccccc1COC. The Morgan fingerprint density at radius 2 is 1.90 bits per heavy atom. The van der Waals surface area contributed by atoms with Crippen molar-refractivity contribution >= 4 is 17.3 Å². The highest BCUT2D eigenvalue weighted by Crippen LogP contribution is 2.25. The third kappa shape index (κ3) is 3.05. The summed E-state index contributed by atoms with van der Waals surface area (Å²) in [5.74, 6) is 1.68. The molecule has 0 bridgehead atoms. The minimum absolute atomic E-state index is 0.564. The molecule has 2 N–H and O–H groups in total. The Morgan fingerprint density at radius 1 is 1.15 bits per heavy atom. The standard InChI is InChI=1S/C15H20N4O/c1-4-12-14(16-2)17-10-18-15(12)19-13-8-6-5-7-11(13)9-20-3/h5-8,10H,4,9H2,1-3H3,(H2,16,17,18,19). The van der Waals surface area contributed by atoms with Crippen LogP contribution in [0.5, 0.6) is 0 Å². The van der Waals surface area contributed by atoms with Crippen LogP contribution in [0.3, 0.4) is 0 Å². The minimum Gasteiger partial charge on any atom is -0.380 e. The van der Waals surface area contributed by atoms with E-state index < -0.39 is 0 Å². The molecular formula is C15H20N4O. The zero-order valence-corrected chi connectivity index (χ0v) is 12.1. The Kier molecular flexibility index (Phi) is 4.90. The summed E-state index contributed by atoms with van der Waals surface area (Å²) in [5.41, 5.74) is 3.17. The molecule has 0 saturated carbocycles. The van der Waals surface area contributed by atoms with Crippen LogP contribution in [-0.4, -0.2) is 24.1 Å². The molecule has 2 aromatic rings. The van der Waals surface area contributed by atoms with E-state index in [9.17, 15) is 0 Å². The average Bonchev–Trinajstić information content (AvgIpc) is 2.49. The van der Waals surface area contributed by atoms with Gasteiger partial charge in [0.25, 0.3) is 0 Å². The van der Waals surface area contributed by atoms with Gasteiger partial charge in [0, 0.05) is 31.0 Å². The number of benzene rings is 1. The molecule has 1 aromatic carbocycles. The van der Waals surface area contributed by atoms with Crippen LogP contribution in [0.2, 0.25) is 0 Å². The summed E-state index contributed by atoms with van der Waals surface area (Å²) < 4.78 is 5.22. The number of rotatable bonds is 6. The van der Waals surface area contributed by atoms with Crippen LogP contribution in [0.15, 0.2) is 30.6 Å². The molecule has 1 aromatic heterocycles. The van der Waals surface area contributed by atoms with Gasteiger partial charge >= 0.3 is 0 Å². The molecule has 0 aliphatic rings. The highest BCUT2D eigenvalue weighted by Gasteiger charge is 2.10. The molecule has 1 heterocycles. The Bertz CT molecular complexity index is 572. The maximum atomic E-state index is 5.22. The van der Waals surface area contributed by atoms with Crippen molar-refractivity contribution in [2.24, 2.45) is 0 Å². The average molecular weight is 272 g/mol. The maximum absolute atomic E-state index is 5.22. The molecule has 0 saturated heterocycles. The van der Waals surface area contributed by atoms with Crippen molar-refractivity contribution in [2.45, 2.75) is 20.0 Å². The van der Waals surface area contributed by atoms with Gasteiger partial charge in [0.05, 0.1) is 6.61 Å². The number of nitrogens with zero attached hydrogens (tertiary/aromatic N) is 2. The van der Waals surface area contributed by atoms with E-state index in [0.29, 0.717) is 6.61 Å². The molecule has 20 heavy (non-hydrogen) atoms. The van der Waals surface area contributed by atoms with Gasteiger partial charge in [-0.2, -0.15) is 0 Å². The number of anilines is 3. The van der Waals surface area contributed by atoms with Gasteiger partial charge in [0.15, 0.2) is 0 Å². The number of aromatic nitrogens is 2. The molecule has 0 amide bonds. The monoisotopic (exact) mass is 272 g/mol. The van der Waals surface area contributed by atoms with Crippen molar-refractivity contribution in [3.8, 4) is 0 Å². The first-order valence-electron chi connectivity index (χ1n) is 6.65. The number of hydrogen-bond acceptors (Lipinski definition) is 5. The van der Waals surface area contributed by atoms with Crippen molar-refractivity contribution in [1.29, 1.82) is 0 Å². The van der Waals surface area contributed by atoms with Gasteiger partial charge in [-0.15, -0.1) is 0 Å². The first-order chi connectivity index (χ1) is 9.80. The fourth-order valence-corrected chi connectivity index (χ4v) is 2.12. The lowest BCUT2D eigenvalue weighted by Gasteiger charge is -2.15. The largest absolute Gasteiger partial charge is 0.380 e. The van der Waals surface area contributed by atoms with Gasteiger partial charge in [-0.25, -0.2) is 9.97 Å². The highest BCUT2D eigenvalue weighted by molar-refractivity contribution is 5.66. The maximum Gasteiger partial charge on any atom is 0.139 e. The van der Waals surface area contributed by atoms with E-state index in [1.165, 1.54) is 0 Å². The van der Waals surface area contributed by atoms with Crippen LogP contribution in [0.4, 0.5) is 17.3 Å². The number of nitrogens with one attached hydrogen (secondary N) is 2. The lowest BCUT2D eigenvalue weighted by Crippen LogP contribution is -2.06. The topological polar surface area (TPSA) is 59.1 Å². The van der Waals surface area contributed by atoms with Gasteiger partial charge < -0.3 is 15.4 Å². The van der Waals surface area contributed by atoms with Crippen LogP contribution >= 0.6 is 0 Å². The third-order valence-corrected chi connectivity index (χ3v) is 3.11. The lowest BCUT2D eigenvalue weighted by atomic mass is 10.1. The number of ether oxygens (including phenoxy) is 1. The predicted molar refractivity (Wildman–Crippen MR) is 81.4 cm³/mol. The van der Waals surface area contributed by atoms with E-state index in [0.717, 1.165) is 34.9 Å². The van der Waals surface area contributed by atoms with Crippen LogP contribution in [-0.2, 0) is 17.8 Å². The van der Waals surface area contributed by atoms with Gasteiger partial charge in [0.1, 0.15) is 18.0 Å². The van der Waals surface area contributed by atoms with Gasteiger partial charge in [0.2, 0.25) is 0 Å². The number of methoxy groups -OCH3 is 1. The molecule has 0 spiro atoms. The Labute approximate surface area is 119 Å². The molecule has 0 atom stereocenters.